The number of likely N-dealkylation sites (N-methyl/N-ethyl adjacent to an activating group) is 1. The maximum atomic E-state index is 12.3. The molecule has 0 unspecified atom stereocenters. The molecule has 1 aromatic carbocycles. The Kier molecular flexibility index (Phi) is 4.75. The van der Waals surface area contributed by atoms with E-state index in [1.165, 1.54) is 12.8 Å². The van der Waals surface area contributed by atoms with E-state index in [9.17, 15) is 4.79 Å². The smallest absolute Gasteiger partial charge is 0.251 e. The Labute approximate surface area is 120 Å². The molecule has 1 aromatic rings. The number of carbonyl (C=O) groups is 1. The van der Waals surface area contributed by atoms with Gasteiger partial charge < -0.3 is 10.2 Å². The van der Waals surface area contributed by atoms with Crippen molar-refractivity contribution in [3.63, 3.8) is 0 Å². The van der Waals surface area contributed by atoms with Gasteiger partial charge in [-0.15, -0.1) is 0 Å². The fraction of sp³-hybridized carbons (Fsp3) is 0.500. The summed E-state index contributed by atoms with van der Waals surface area (Å²) in [5.41, 5.74) is 1.19. The summed E-state index contributed by atoms with van der Waals surface area (Å²) in [4.78, 5) is 14.5. The summed E-state index contributed by atoms with van der Waals surface area (Å²) in [6.07, 6.45) is 4.56. The molecule has 4 heteroatoms. The highest BCUT2D eigenvalue weighted by molar-refractivity contribution is 5.94. The van der Waals surface area contributed by atoms with Crippen molar-refractivity contribution in [1.82, 2.24) is 10.2 Å². The summed E-state index contributed by atoms with van der Waals surface area (Å²) in [5, 5.41) is 11.9. The highest BCUT2D eigenvalue weighted by Gasteiger charge is 2.28. The van der Waals surface area contributed by atoms with Gasteiger partial charge >= 0.3 is 0 Å². The molecule has 1 fully saturated rings. The first-order valence-electron chi connectivity index (χ1n) is 7.09. The largest absolute Gasteiger partial charge is 0.348 e. The van der Waals surface area contributed by atoms with E-state index in [1.807, 2.05) is 0 Å². The van der Waals surface area contributed by atoms with Crippen molar-refractivity contribution in [3.05, 3.63) is 35.4 Å². The van der Waals surface area contributed by atoms with Crippen molar-refractivity contribution in [2.24, 2.45) is 0 Å². The molecule has 0 saturated heterocycles. The summed E-state index contributed by atoms with van der Waals surface area (Å²) in [6, 6.07) is 9.46. The third-order valence-electron chi connectivity index (χ3n) is 3.99. The van der Waals surface area contributed by atoms with Gasteiger partial charge in [0.15, 0.2) is 0 Å². The molecule has 0 aromatic heterocycles. The molecule has 0 radical (unpaired) electrons. The van der Waals surface area contributed by atoms with Gasteiger partial charge in [-0.2, -0.15) is 5.26 Å². The Hall–Kier alpha value is -1.86. The Morgan fingerprint density at radius 3 is 2.50 bits per heavy atom. The van der Waals surface area contributed by atoms with Gasteiger partial charge in [-0.1, -0.05) is 12.8 Å². The molecule has 2 atom stereocenters. The standard InChI is InChI=1S/C16H21N3O/c1-19(2)15-6-4-3-5-14(15)18-16(20)13-9-7-12(11-17)8-10-13/h7-10,14-15H,3-6H2,1-2H3,(H,18,20)/t14-,15-/m1/s1. The first kappa shape index (κ1) is 14.5. The lowest BCUT2D eigenvalue weighted by atomic mass is 9.89. The minimum absolute atomic E-state index is 0.0479. The van der Waals surface area contributed by atoms with E-state index in [-0.39, 0.29) is 11.9 Å². The van der Waals surface area contributed by atoms with E-state index in [0.717, 1.165) is 12.8 Å². The molecule has 1 N–H and O–H groups in total. The molecule has 1 saturated carbocycles. The zero-order chi connectivity index (χ0) is 14.5. The number of nitriles is 1. The number of nitrogens with zero attached hydrogens (tertiary/aromatic N) is 2. The number of hydrogen-bond donors (Lipinski definition) is 1. The first-order chi connectivity index (χ1) is 9.61. The third kappa shape index (κ3) is 3.37. The van der Waals surface area contributed by atoms with Gasteiger partial charge in [0.05, 0.1) is 11.6 Å². The number of hydrogen-bond acceptors (Lipinski definition) is 3. The number of rotatable bonds is 3. The maximum absolute atomic E-state index is 12.3. The van der Waals surface area contributed by atoms with Crippen LogP contribution in [-0.4, -0.2) is 37.0 Å². The second-order valence-electron chi connectivity index (χ2n) is 5.58. The van der Waals surface area contributed by atoms with E-state index in [1.54, 1.807) is 24.3 Å². The van der Waals surface area contributed by atoms with Gasteiger partial charge in [0.1, 0.15) is 0 Å². The fourth-order valence-electron chi connectivity index (χ4n) is 2.85. The monoisotopic (exact) mass is 271 g/mol. The van der Waals surface area contributed by atoms with Crippen molar-refractivity contribution >= 4 is 5.91 Å². The van der Waals surface area contributed by atoms with Crippen LogP contribution < -0.4 is 5.32 Å². The zero-order valence-electron chi connectivity index (χ0n) is 12.1. The average molecular weight is 271 g/mol. The molecule has 1 aliphatic rings. The lowest BCUT2D eigenvalue weighted by Gasteiger charge is -2.36. The Bertz CT molecular complexity index is 501. The van der Waals surface area contributed by atoms with Crippen LogP contribution in [0.3, 0.4) is 0 Å². The second-order valence-corrected chi connectivity index (χ2v) is 5.58. The number of benzene rings is 1. The Balaban J connectivity index is 2.03. The van der Waals surface area contributed by atoms with Crippen LogP contribution in [0.25, 0.3) is 0 Å². The van der Waals surface area contributed by atoms with Crippen molar-refractivity contribution in [1.29, 1.82) is 5.26 Å². The highest BCUT2D eigenvalue weighted by atomic mass is 16.1. The summed E-state index contributed by atoms with van der Waals surface area (Å²) >= 11 is 0. The topological polar surface area (TPSA) is 56.1 Å². The van der Waals surface area contributed by atoms with Crippen LogP contribution in [0.15, 0.2) is 24.3 Å². The molecular weight excluding hydrogens is 250 g/mol. The van der Waals surface area contributed by atoms with E-state index in [2.05, 4.69) is 30.4 Å². The van der Waals surface area contributed by atoms with Crippen molar-refractivity contribution in [2.75, 3.05) is 14.1 Å². The van der Waals surface area contributed by atoms with Crippen LogP contribution >= 0.6 is 0 Å². The predicted molar refractivity (Wildman–Crippen MR) is 78.4 cm³/mol. The summed E-state index contributed by atoms with van der Waals surface area (Å²) in [5.74, 6) is -0.0479. The van der Waals surface area contributed by atoms with Gasteiger partial charge in [0.25, 0.3) is 5.91 Å². The van der Waals surface area contributed by atoms with Crippen LogP contribution in [0.4, 0.5) is 0 Å². The van der Waals surface area contributed by atoms with E-state index < -0.39 is 0 Å². The third-order valence-corrected chi connectivity index (χ3v) is 3.99. The predicted octanol–water partition coefficient (Wildman–Crippen LogP) is 2.16. The molecule has 0 bridgehead atoms. The lowest BCUT2D eigenvalue weighted by Crippen LogP contribution is -2.51. The van der Waals surface area contributed by atoms with Crippen LogP contribution in [0, 0.1) is 11.3 Å². The number of amides is 1. The van der Waals surface area contributed by atoms with E-state index >= 15 is 0 Å². The van der Waals surface area contributed by atoms with E-state index in [0.29, 0.717) is 17.2 Å². The van der Waals surface area contributed by atoms with Crippen molar-refractivity contribution in [2.45, 2.75) is 37.8 Å². The molecule has 20 heavy (non-hydrogen) atoms. The number of nitrogens with one attached hydrogen (secondary N) is 1. The molecule has 2 rings (SSSR count). The quantitative estimate of drug-likeness (QED) is 0.916. The summed E-state index contributed by atoms with van der Waals surface area (Å²) in [6.45, 7) is 0. The van der Waals surface area contributed by atoms with Gasteiger partial charge in [0, 0.05) is 17.6 Å². The minimum Gasteiger partial charge on any atom is -0.348 e. The van der Waals surface area contributed by atoms with Gasteiger partial charge in [-0.25, -0.2) is 0 Å². The van der Waals surface area contributed by atoms with Crippen LogP contribution in [-0.2, 0) is 0 Å². The molecule has 4 nitrogen and oxygen atoms in total. The normalized spacial score (nSPS) is 22.3. The van der Waals surface area contributed by atoms with Crippen molar-refractivity contribution in [3.8, 4) is 6.07 Å². The SMILES string of the molecule is CN(C)[C@@H]1CCCC[C@H]1NC(=O)c1ccc(C#N)cc1. The minimum atomic E-state index is -0.0479. The summed E-state index contributed by atoms with van der Waals surface area (Å²) < 4.78 is 0. The van der Waals surface area contributed by atoms with Gasteiger partial charge in [-0.3, -0.25) is 4.79 Å². The summed E-state index contributed by atoms with van der Waals surface area (Å²) in [7, 11) is 4.13. The second kappa shape index (κ2) is 6.53. The van der Waals surface area contributed by atoms with Crippen LogP contribution in [0.5, 0.6) is 0 Å². The van der Waals surface area contributed by atoms with Gasteiger partial charge in [0.2, 0.25) is 0 Å². The molecule has 1 amide bonds. The number of carbonyl (C=O) groups excluding carboxylic acids is 1. The Morgan fingerprint density at radius 2 is 1.90 bits per heavy atom. The maximum Gasteiger partial charge on any atom is 0.251 e. The van der Waals surface area contributed by atoms with Gasteiger partial charge in [-0.05, 0) is 51.2 Å². The van der Waals surface area contributed by atoms with Crippen molar-refractivity contribution < 1.29 is 4.79 Å². The Morgan fingerprint density at radius 1 is 1.25 bits per heavy atom. The molecule has 1 aliphatic carbocycles. The molecule has 0 spiro atoms. The molecule has 106 valence electrons. The van der Waals surface area contributed by atoms with E-state index in [4.69, 9.17) is 5.26 Å². The van der Waals surface area contributed by atoms with Crippen LogP contribution in [0.2, 0.25) is 0 Å². The zero-order valence-corrected chi connectivity index (χ0v) is 12.1. The fourth-order valence-corrected chi connectivity index (χ4v) is 2.85. The average Bonchev–Trinajstić information content (AvgIpc) is 2.47. The molecule has 0 aliphatic heterocycles. The van der Waals surface area contributed by atoms with Crippen LogP contribution in [0.1, 0.15) is 41.6 Å². The molecule has 0 heterocycles. The first-order valence-corrected chi connectivity index (χ1v) is 7.09. The molecular formula is C16H21N3O. The lowest BCUT2D eigenvalue weighted by molar-refractivity contribution is 0.0883. The highest BCUT2D eigenvalue weighted by Crippen LogP contribution is 2.22.